The van der Waals surface area contributed by atoms with Crippen molar-refractivity contribution < 1.29 is 28.5 Å². The predicted molar refractivity (Wildman–Crippen MR) is 325 cm³/mol. The number of phenolic OH excluding ortho intramolecular Hbond substituents is 2. The molecule has 10 rings (SSSR count). The van der Waals surface area contributed by atoms with Crippen LogP contribution < -0.4 is 9.47 Å². The van der Waals surface area contributed by atoms with Crippen molar-refractivity contribution in [3.05, 3.63) is 178 Å². The first kappa shape index (κ1) is 54.8. The molecule has 0 amide bonds. The zero-order valence-corrected chi connectivity index (χ0v) is 48.9. The molecule has 8 aromatic carbocycles. The first-order valence-electron chi connectivity index (χ1n) is 27.8. The summed E-state index contributed by atoms with van der Waals surface area (Å²) in [7, 11) is 0. The number of phenols is 2. The highest BCUT2D eigenvalue weighted by atomic mass is 19.1. The Hall–Kier alpha value is -7.58. The van der Waals surface area contributed by atoms with E-state index in [-0.39, 0.29) is 33.2 Å². The summed E-state index contributed by atoms with van der Waals surface area (Å²) in [4.78, 5) is 0. The highest BCUT2D eigenvalue weighted by molar-refractivity contribution is 6.11. The molecule has 0 fully saturated rings. The van der Waals surface area contributed by atoms with Crippen molar-refractivity contribution in [1.82, 2.24) is 9.13 Å². The molecule has 2 aromatic heterocycles. The van der Waals surface area contributed by atoms with Gasteiger partial charge in [0.05, 0.1) is 45.6 Å². The van der Waals surface area contributed by atoms with Crippen molar-refractivity contribution >= 4 is 43.6 Å². The topological polar surface area (TPSA) is 68.8 Å². The molecule has 10 aromatic rings. The van der Waals surface area contributed by atoms with Gasteiger partial charge in [0.25, 0.3) is 0 Å². The van der Waals surface area contributed by atoms with Crippen LogP contribution in [0.3, 0.4) is 0 Å². The molecule has 0 unspecified atom stereocenters. The van der Waals surface area contributed by atoms with E-state index in [0.29, 0.717) is 51.5 Å². The molecule has 2 atom stereocenters. The number of fused-ring (bicyclic) bond motifs is 6. The summed E-state index contributed by atoms with van der Waals surface area (Å²) in [6.45, 7) is 34.4. The van der Waals surface area contributed by atoms with Crippen LogP contribution in [0, 0.1) is 25.5 Å². The Morgan fingerprint density at radius 1 is 0.392 bits per heavy atom. The molecule has 0 saturated heterocycles. The van der Waals surface area contributed by atoms with Gasteiger partial charge in [-0.1, -0.05) is 107 Å². The quantitative estimate of drug-likeness (QED) is 0.143. The largest absolute Gasteiger partial charge is 0.505 e. The fourth-order valence-electron chi connectivity index (χ4n) is 11.3. The third-order valence-corrected chi connectivity index (χ3v) is 15.7. The van der Waals surface area contributed by atoms with Crippen molar-refractivity contribution in [1.29, 1.82) is 0 Å². The third-order valence-electron chi connectivity index (χ3n) is 15.7. The first-order valence-corrected chi connectivity index (χ1v) is 27.8. The molecule has 408 valence electrons. The summed E-state index contributed by atoms with van der Waals surface area (Å²) in [5.41, 5.74) is 12.9. The molecule has 0 bridgehead atoms. The normalized spacial score (nSPS) is 13.5. The second-order valence-corrected chi connectivity index (χ2v) is 26.3. The van der Waals surface area contributed by atoms with Gasteiger partial charge in [0.2, 0.25) is 0 Å². The Bertz CT molecular complexity index is 3630. The predicted octanol–water partition coefficient (Wildman–Crippen LogP) is 19.3. The molecular weight excluding hydrogens is 983 g/mol. The summed E-state index contributed by atoms with van der Waals surface area (Å²) in [5.74, 6) is -0.146. The Morgan fingerprint density at radius 2 is 0.684 bits per heavy atom. The number of aromatic hydroxyl groups is 2. The summed E-state index contributed by atoms with van der Waals surface area (Å²) in [6, 6.07) is 42.8. The first-order chi connectivity index (χ1) is 37.0. The van der Waals surface area contributed by atoms with Crippen molar-refractivity contribution in [3.63, 3.8) is 0 Å². The number of ether oxygens (including phenoxy) is 2. The Morgan fingerprint density at radius 3 is 0.962 bits per heavy atom. The lowest BCUT2D eigenvalue weighted by Gasteiger charge is -2.24. The van der Waals surface area contributed by atoms with Gasteiger partial charge in [-0.2, -0.15) is 0 Å². The van der Waals surface area contributed by atoms with Gasteiger partial charge in [0.1, 0.15) is 34.6 Å². The zero-order chi connectivity index (χ0) is 57.0. The number of hydrogen-bond acceptors (Lipinski definition) is 4. The van der Waals surface area contributed by atoms with Crippen LogP contribution in [0.25, 0.3) is 77.2 Å². The van der Waals surface area contributed by atoms with Crippen LogP contribution in [0.2, 0.25) is 0 Å². The fourth-order valence-corrected chi connectivity index (χ4v) is 11.3. The molecule has 0 spiro atoms. The number of benzene rings is 8. The Balaban J connectivity index is 0.978. The molecule has 79 heavy (non-hydrogen) atoms. The molecule has 0 aliphatic rings. The van der Waals surface area contributed by atoms with Gasteiger partial charge in [-0.05, 0) is 192 Å². The monoisotopic (exact) mass is 1060 g/mol. The number of rotatable bonds is 10. The molecule has 2 heterocycles. The summed E-state index contributed by atoms with van der Waals surface area (Å²) >= 11 is 0. The van der Waals surface area contributed by atoms with Gasteiger partial charge in [-0.15, -0.1) is 0 Å². The summed E-state index contributed by atoms with van der Waals surface area (Å²) in [5, 5.41) is 29.4. The number of aryl methyl sites for hydroxylation is 2. The van der Waals surface area contributed by atoms with Crippen LogP contribution >= 0.6 is 0 Å². The smallest absolute Gasteiger partial charge is 0.147 e. The average molecular weight is 1060 g/mol. The second-order valence-electron chi connectivity index (χ2n) is 26.3. The molecule has 8 heteroatoms. The minimum atomic E-state index is -0.468. The maximum atomic E-state index is 15.5. The van der Waals surface area contributed by atoms with Crippen LogP contribution in [0.15, 0.2) is 133 Å². The van der Waals surface area contributed by atoms with E-state index in [4.69, 9.17) is 9.47 Å². The van der Waals surface area contributed by atoms with Gasteiger partial charge in [0, 0.05) is 50.2 Å². The van der Waals surface area contributed by atoms with Crippen LogP contribution in [0.1, 0.15) is 137 Å². The van der Waals surface area contributed by atoms with E-state index in [1.165, 1.54) is 46.5 Å². The van der Waals surface area contributed by atoms with Gasteiger partial charge in [-0.3, -0.25) is 0 Å². The molecule has 0 aliphatic heterocycles. The van der Waals surface area contributed by atoms with E-state index in [0.717, 1.165) is 54.7 Å². The minimum absolute atomic E-state index is 0.00195. The second kappa shape index (κ2) is 19.6. The van der Waals surface area contributed by atoms with Crippen LogP contribution in [0.4, 0.5) is 8.78 Å². The van der Waals surface area contributed by atoms with Crippen molar-refractivity contribution in [3.8, 4) is 56.6 Å². The number of aromatic nitrogens is 2. The highest BCUT2D eigenvalue weighted by Crippen LogP contribution is 2.47. The Kier molecular flexibility index (Phi) is 13.6. The molecular formula is C71H76F2N2O4. The molecule has 2 N–H and O–H groups in total. The van der Waals surface area contributed by atoms with E-state index in [2.05, 4.69) is 165 Å². The lowest BCUT2D eigenvalue weighted by atomic mass is 9.85. The minimum Gasteiger partial charge on any atom is -0.505 e. The molecule has 6 nitrogen and oxygen atoms in total. The molecule has 0 saturated carbocycles. The van der Waals surface area contributed by atoms with Gasteiger partial charge in [-0.25, -0.2) is 8.78 Å². The van der Waals surface area contributed by atoms with E-state index in [1.54, 1.807) is 12.1 Å². The summed E-state index contributed by atoms with van der Waals surface area (Å²) < 4.78 is 48.7. The zero-order valence-electron chi connectivity index (χ0n) is 48.9. The fraction of sp³-hybridized carbons (Fsp3) is 0.324. The van der Waals surface area contributed by atoms with Gasteiger partial charge >= 0.3 is 0 Å². The van der Waals surface area contributed by atoms with Crippen LogP contribution in [0.5, 0.6) is 23.0 Å². The van der Waals surface area contributed by atoms with Crippen molar-refractivity contribution in [2.45, 2.75) is 151 Å². The van der Waals surface area contributed by atoms with Gasteiger partial charge < -0.3 is 28.8 Å². The third kappa shape index (κ3) is 10.4. The van der Waals surface area contributed by atoms with Crippen molar-refractivity contribution in [2.75, 3.05) is 0 Å². The van der Waals surface area contributed by atoms with Gasteiger partial charge in [0.15, 0.2) is 0 Å². The SMILES string of the molecule is Cc1cc(-c2cc(F)ccc2O[C@H](C)C[C@@H](C)Oc2ccc(F)cc2-c2cc(C)cc(-n3c4ccc(C(C)(C)C)cc4c4cc(C(C)(C)C)ccc43)c2O)c(O)c(-n2c3ccc(C(C)(C)C)cc3c3cc(C(C)(C)C)ccc32)c1. The lowest BCUT2D eigenvalue weighted by Crippen LogP contribution is -2.23. The molecule has 0 aliphatic carbocycles. The van der Waals surface area contributed by atoms with E-state index in [9.17, 15) is 10.2 Å². The number of halogens is 2. The van der Waals surface area contributed by atoms with Crippen molar-refractivity contribution in [2.24, 2.45) is 0 Å². The summed E-state index contributed by atoms with van der Waals surface area (Å²) in [6.07, 6.45) is -0.548. The highest BCUT2D eigenvalue weighted by Gasteiger charge is 2.28. The standard InChI is InChI=1S/C71H76F2N2O4/c1-40-29-56(66(76)62(31-40)74-58-23-17-44(68(5,6)7)34-50(58)51-35-45(69(8,9)10)18-24-59(51)74)54-38-48(72)21-27-64(54)78-42(3)33-43(4)79-65-28-22-49(73)39-55(65)57-30-41(2)32-63(67(57)77)75-60-25-19-46(70(11,12)13)36-52(60)53-37-47(71(14,15)16)20-26-61(53)75/h17-32,34-39,42-43,76-77H,33H2,1-16H3/t42-,43-/m1/s1. The van der Waals surface area contributed by atoms with E-state index < -0.39 is 23.8 Å². The number of nitrogens with zero attached hydrogens (tertiary/aromatic N) is 2. The van der Waals surface area contributed by atoms with Crippen LogP contribution in [-0.4, -0.2) is 31.6 Å². The average Bonchev–Trinajstić information content (AvgIpc) is 4.07. The van der Waals surface area contributed by atoms with E-state index >= 15 is 8.78 Å². The molecule has 0 radical (unpaired) electrons. The van der Waals surface area contributed by atoms with E-state index in [1.807, 2.05) is 52.0 Å². The van der Waals surface area contributed by atoms with Crippen LogP contribution in [-0.2, 0) is 21.7 Å². The lowest BCUT2D eigenvalue weighted by molar-refractivity contribution is 0.131. The maximum absolute atomic E-state index is 15.5. The number of hydrogen-bond donors (Lipinski definition) is 2. The maximum Gasteiger partial charge on any atom is 0.147 e. The Labute approximate surface area is 465 Å².